The monoisotopic (exact) mass is 217 g/mol. The van der Waals surface area contributed by atoms with Crippen LogP contribution < -0.4 is 10.1 Å². The molecule has 0 bridgehead atoms. The largest absolute Gasteiger partial charge is 0.497 e. The number of benzene rings is 1. The number of fused-ring (bicyclic) bond motifs is 1. The molecule has 0 aromatic heterocycles. The Labute approximate surface area is 97.3 Å². The van der Waals surface area contributed by atoms with Crippen molar-refractivity contribution in [2.75, 3.05) is 20.2 Å². The van der Waals surface area contributed by atoms with Gasteiger partial charge in [0, 0.05) is 6.54 Å². The second-order valence-corrected chi connectivity index (χ2v) is 4.25. The second kappa shape index (κ2) is 5.17. The minimum Gasteiger partial charge on any atom is -0.497 e. The van der Waals surface area contributed by atoms with Crippen LogP contribution in [-0.2, 0) is 6.42 Å². The van der Waals surface area contributed by atoms with E-state index in [0.29, 0.717) is 5.92 Å². The Morgan fingerprint density at radius 3 is 3.19 bits per heavy atom. The van der Waals surface area contributed by atoms with Crippen LogP contribution in [0, 0.1) is 0 Å². The number of rotatable bonds is 6. The molecular weight excluding hydrogens is 198 g/mol. The summed E-state index contributed by atoms with van der Waals surface area (Å²) in [4.78, 5) is 0. The van der Waals surface area contributed by atoms with Crippen molar-refractivity contribution >= 4 is 0 Å². The van der Waals surface area contributed by atoms with E-state index in [-0.39, 0.29) is 0 Å². The Bertz CT molecular complexity index is 373. The van der Waals surface area contributed by atoms with Gasteiger partial charge in [-0.2, -0.15) is 0 Å². The number of hydrogen-bond acceptors (Lipinski definition) is 2. The van der Waals surface area contributed by atoms with Crippen molar-refractivity contribution < 1.29 is 4.74 Å². The molecule has 0 radical (unpaired) electrons. The third-order valence-electron chi connectivity index (χ3n) is 3.22. The first-order valence-corrected chi connectivity index (χ1v) is 5.83. The Morgan fingerprint density at radius 2 is 2.44 bits per heavy atom. The molecule has 1 aliphatic rings. The molecule has 0 saturated heterocycles. The van der Waals surface area contributed by atoms with Gasteiger partial charge in [0.2, 0.25) is 0 Å². The van der Waals surface area contributed by atoms with Gasteiger partial charge in [-0.25, -0.2) is 0 Å². The summed E-state index contributed by atoms with van der Waals surface area (Å²) in [5, 5.41) is 3.34. The van der Waals surface area contributed by atoms with E-state index in [4.69, 9.17) is 4.74 Å². The third-order valence-corrected chi connectivity index (χ3v) is 3.22. The third kappa shape index (κ3) is 2.27. The summed E-state index contributed by atoms with van der Waals surface area (Å²) in [7, 11) is 1.72. The van der Waals surface area contributed by atoms with Gasteiger partial charge >= 0.3 is 0 Å². The fourth-order valence-corrected chi connectivity index (χ4v) is 2.25. The minimum atomic E-state index is 0.711. The highest BCUT2D eigenvalue weighted by atomic mass is 16.5. The molecule has 1 aromatic carbocycles. The van der Waals surface area contributed by atoms with Gasteiger partial charge < -0.3 is 10.1 Å². The van der Waals surface area contributed by atoms with E-state index < -0.39 is 0 Å². The molecule has 1 unspecified atom stereocenters. The van der Waals surface area contributed by atoms with Crippen molar-refractivity contribution in [2.24, 2.45) is 0 Å². The average molecular weight is 217 g/mol. The molecule has 2 nitrogen and oxygen atoms in total. The van der Waals surface area contributed by atoms with Crippen LogP contribution in [0.1, 0.15) is 23.5 Å². The first kappa shape index (κ1) is 11.2. The van der Waals surface area contributed by atoms with Crippen LogP contribution >= 0.6 is 0 Å². The molecule has 0 saturated carbocycles. The maximum atomic E-state index is 5.25. The van der Waals surface area contributed by atoms with Crippen molar-refractivity contribution in [3.8, 4) is 5.75 Å². The molecule has 16 heavy (non-hydrogen) atoms. The van der Waals surface area contributed by atoms with Gasteiger partial charge in [0.15, 0.2) is 0 Å². The molecule has 0 aliphatic heterocycles. The smallest absolute Gasteiger partial charge is 0.119 e. The molecule has 1 aromatic rings. The molecule has 1 atom stereocenters. The van der Waals surface area contributed by atoms with E-state index >= 15 is 0 Å². The highest BCUT2D eigenvalue weighted by molar-refractivity contribution is 5.45. The maximum absolute atomic E-state index is 5.25. The van der Waals surface area contributed by atoms with Crippen molar-refractivity contribution in [3.05, 3.63) is 42.0 Å². The van der Waals surface area contributed by atoms with Crippen LogP contribution in [0.4, 0.5) is 0 Å². The lowest BCUT2D eigenvalue weighted by Gasteiger charge is -2.30. The summed E-state index contributed by atoms with van der Waals surface area (Å²) in [6.45, 7) is 5.65. The molecule has 0 amide bonds. The lowest BCUT2D eigenvalue weighted by Crippen LogP contribution is -2.23. The first-order valence-electron chi connectivity index (χ1n) is 5.83. The lowest BCUT2D eigenvalue weighted by atomic mass is 9.76. The van der Waals surface area contributed by atoms with Gasteiger partial charge in [0.05, 0.1) is 7.11 Å². The van der Waals surface area contributed by atoms with Crippen LogP contribution in [-0.4, -0.2) is 20.2 Å². The lowest BCUT2D eigenvalue weighted by molar-refractivity contribution is 0.411. The van der Waals surface area contributed by atoms with Gasteiger partial charge in [0.1, 0.15) is 5.75 Å². The normalized spacial score (nSPS) is 17.4. The van der Waals surface area contributed by atoms with E-state index in [9.17, 15) is 0 Å². The van der Waals surface area contributed by atoms with Gasteiger partial charge in [-0.1, -0.05) is 12.1 Å². The number of methoxy groups -OCH3 is 1. The molecule has 1 N–H and O–H groups in total. The summed E-state index contributed by atoms with van der Waals surface area (Å²) >= 11 is 0. The van der Waals surface area contributed by atoms with E-state index in [1.807, 2.05) is 12.1 Å². The van der Waals surface area contributed by atoms with Gasteiger partial charge in [-0.05, 0) is 48.6 Å². The van der Waals surface area contributed by atoms with Crippen LogP contribution in [0.25, 0.3) is 0 Å². The quantitative estimate of drug-likeness (QED) is 0.584. The van der Waals surface area contributed by atoms with Gasteiger partial charge in [0.25, 0.3) is 0 Å². The average Bonchev–Trinajstić information content (AvgIpc) is 2.29. The highest BCUT2D eigenvalue weighted by Gasteiger charge is 2.25. The number of ether oxygens (including phenoxy) is 1. The Kier molecular flexibility index (Phi) is 3.62. The van der Waals surface area contributed by atoms with Crippen LogP contribution in [0.15, 0.2) is 30.9 Å². The van der Waals surface area contributed by atoms with Crippen LogP contribution in [0.3, 0.4) is 0 Å². The summed E-state index contributed by atoms with van der Waals surface area (Å²) in [6.07, 6.45) is 4.32. The topological polar surface area (TPSA) is 21.3 Å². The molecule has 2 heteroatoms. The summed E-state index contributed by atoms with van der Waals surface area (Å²) in [5.41, 5.74) is 2.95. The SMILES string of the molecule is C=CCNCCC1Cc2ccc(OC)cc21. The molecule has 0 heterocycles. The Balaban J connectivity index is 1.88. The molecule has 1 aliphatic carbocycles. The van der Waals surface area contributed by atoms with E-state index in [1.54, 1.807) is 7.11 Å². The standard InChI is InChI=1S/C14H19NO/c1-3-7-15-8-6-12-9-11-4-5-13(16-2)10-14(11)12/h3-5,10,12,15H,1,6-9H2,2H3. The molecule has 2 rings (SSSR count). The van der Waals surface area contributed by atoms with Gasteiger partial charge in [-0.15, -0.1) is 6.58 Å². The molecular formula is C14H19NO. The predicted molar refractivity (Wildman–Crippen MR) is 67.1 cm³/mol. The fraction of sp³-hybridized carbons (Fsp3) is 0.429. The van der Waals surface area contributed by atoms with Crippen LogP contribution in [0.2, 0.25) is 0 Å². The van der Waals surface area contributed by atoms with Crippen molar-refractivity contribution in [3.63, 3.8) is 0 Å². The summed E-state index contributed by atoms with van der Waals surface area (Å²) in [5.74, 6) is 1.69. The van der Waals surface area contributed by atoms with Crippen LogP contribution in [0.5, 0.6) is 5.75 Å². The van der Waals surface area contributed by atoms with Crippen molar-refractivity contribution in [2.45, 2.75) is 18.8 Å². The molecule has 0 spiro atoms. The Hall–Kier alpha value is -1.28. The Morgan fingerprint density at radius 1 is 1.56 bits per heavy atom. The highest BCUT2D eigenvalue weighted by Crippen LogP contribution is 2.39. The summed E-state index contributed by atoms with van der Waals surface area (Å²) in [6, 6.07) is 6.41. The van der Waals surface area contributed by atoms with Crippen molar-refractivity contribution in [1.82, 2.24) is 5.32 Å². The predicted octanol–water partition coefficient (Wildman–Crippen LogP) is 2.50. The fourth-order valence-electron chi connectivity index (χ4n) is 2.25. The van der Waals surface area contributed by atoms with E-state index in [0.717, 1.165) is 18.8 Å². The van der Waals surface area contributed by atoms with Gasteiger partial charge in [-0.3, -0.25) is 0 Å². The zero-order valence-corrected chi connectivity index (χ0v) is 9.83. The maximum Gasteiger partial charge on any atom is 0.119 e. The van der Waals surface area contributed by atoms with E-state index in [2.05, 4.69) is 24.0 Å². The summed E-state index contributed by atoms with van der Waals surface area (Å²) < 4.78 is 5.25. The van der Waals surface area contributed by atoms with E-state index in [1.165, 1.54) is 24.0 Å². The number of nitrogens with one attached hydrogen (secondary N) is 1. The number of hydrogen-bond donors (Lipinski definition) is 1. The minimum absolute atomic E-state index is 0.711. The van der Waals surface area contributed by atoms with Crippen molar-refractivity contribution in [1.29, 1.82) is 0 Å². The zero-order valence-electron chi connectivity index (χ0n) is 9.83. The molecule has 0 fully saturated rings. The molecule has 86 valence electrons. The second-order valence-electron chi connectivity index (χ2n) is 4.25. The first-order chi connectivity index (χ1) is 7.85. The zero-order chi connectivity index (χ0) is 11.4.